The largest absolute Gasteiger partial charge is 0.383 e. The number of fused-ring (bicyclic) bond motifs is 2. The predicted molar refractivity (Wildman–Crippen MR) is 158 cm³/mol. The Bertz CT molecular complexity index is 1560. The molecule has 5 rings (SSSR count). The van der Waals surface area contributed by atoms with Gasteiger partial charge >= 0.3 is 11.8 Å². The molecule has 0 radical (unpaired) electrons. The molecule has 0 bridgehead atoms. The van der Waals surface area contributed by atoms with Gasteiger partial charge in [-0.2, -0.15) is 10.2 Å². The molecule has 1 aliphatic heterocycles. The van der Waals surface area contributed by atoms with Crippen molar-refractivity contribution in [2.45, 2.75) is 58.2 Å². The van der Waals surface area contributed by atoms with Crippen LogP contribution in [0, 0.1) is 5.92 Å². The number of carbonyl (C=O) groups is 2. The summed E-state index contributed by atoms with van der Waals surface area (Å²) in [5.74, 6) is -0.717. The standard InChI is InChI=1S/C28H38N8O3Si/c1-18-6-8-24(19-7-9-23-20(12-19)13-31-34(23)2)35(16-18)28(38)27(37)33-22-15-30-26(29)21-14-32-36(25(21)22)17-39-10-11-40(3,4)5/h7,9,12-15,18,24H,6,8,10-11,16-17H2,1-5H3,(H2,29,30)(H,33,37)/t18-,24+/m0/s1. The van der Waals surface area contributed by atoms with Crippen LogP contribution in [-0.4, -0.2) is 62.5 Å². The number of carbonyl (C=O) groups excluding carboxylic acids is 2. The van der Waals surface area contributed by atoms with E-state index >= 15 is 0 Å². The second kappa shape index (κ2) is 11.0. The first-order valence-corrected chi connectivity index (χ1v) is 17.4. The van der Waals surface area contributed by atoms with E-state index in [1.807, 2.05) is 30.1 Å². The first kappa shape index (κ1) is 27.8. The van der Waals surface area contributed by atoms with Crippen molar-refractivity contribution in [3.63, 3.8) is 0 Å². The highest BCUT2D eigenvalue weighted by molar-refractivity contribution is 6.76. The third kappa shape index (κ3) is 5.73. The number of nitrogens with one attached hydrogen (secondary N) is 1. The van der Waals surface area contributed by atoms with Crippen LogP contribution in [0.15, 0.2) is 36.8 Å². The zero-order chi connectivity index (χ0) is 28.6. The number of amides is 2. The molecule has 3 N–H and O–H groups in total. The molecule has 212 valence electrons. The van der Waals surface area contributed by atoms with Gasteiger partial charge in [-0.25, -0.2) is 9.67 Å². The molecule has 1 aromatic carbocycles. The number of aryl methyl sites for hydroxylation is 1. The molecule has 0 spiro atoms. The quantitative estimate of drug-likeness (QED) is 0.196. The number of nitrogens with zero attached hydrogens (tertiary/aromatic N) is 6. The molecule has 4 aromatic rings. The summed E-state index contributed by atoms with van der Waals surface area (Å²) < 4.78 is 9.36. The van der Waals surface area contributed by atoms with Crippen LogP contribution in [0.1, 0.15) is 31.4 Å². The van der Waals surface area contributed by atoms with Gasteiger partial charge in [0.2, 0.25) is 0 Å². The maximum atomic E-state index is 13.6. The minimum Gasteiger partial charge on any atom is -0.383 e. The molecule has 4 heterocycles. The second-order valence-corrected chi connectivity index (χ2v) is 17.6. The molecule has 1 fully saturated rings. The maximum Gasteiger partial charge on any atom is 0.314 e. The average molecular weight is 563 g/mol. The van der Waals surface area contributed by atoms with E-state index in [1.165, 1.54) is 6.20 Å². The van der Waals surface area contributed by atoms with E-state index in [4.69, 9.17) is 10.5 Å². The summed E-state index contributed by atoms with van der Waals surface area (Å²) in [6.45, 7) is 10.3. The summed E-state index contributed by atoms with van der Waals surface area (Å²) in [6.07, 6.45) is 6.64. The number of nitrogens with two attached hydrogens (primary N) is 1. The van der Waals surface area contributed by atoms with Crippen molar-refractivity contribution in [3.8, 4) is 0 Å². The fourth-order valence-corrected chi connectivity index (χ4v) is 6.02. The minimum atomic E-state index is -1.24. The molecule has 40 heavy (non-hydrogen) atoms. The normalized spacial score (nSPS) is 18.0. The highest BCUT2D eigenvalue weighted by atomic mass is 28.3. The van der Waals surface area contributed by atoms with Gasteiger partial charge < -0.3 is 20.7 Å². The molecule has 1 aliphatic rings. The zero-order valence-corrected chi connectivity index (χ0v) is 24.8. The van der Waals surface area contributed by atoms with Gasteiger partial charge in [0.05, 0.1) is 46.7 Å². The molecule has 0 unspecified atom stereocenters. The molecule has 11 nitrogen and oxygen atoms in total. The number of benzene rings is 1. The number of ether oxygens (including phenoxy) is 1. The van der Waals surface area contributed by atoms with Crippen LogP contribution in [0.5, 0.6) is 0 Å². The lowest BCUT2D eigenvalue weighted by atomic mass is 9.89. The van der Waals surface area contributed by atoms with Crippen molar-refractivity contribution in [3.05, 3.63) is 42.4 Å². The van der Waals surface area contributed by atoms with E-state index in [9.17, 15) is 9.59 Å². The van der Waals surface area contributed by atoms with Crippen molar-refractivity contribution in [2.24, 2.45) is 13.0 Å². The molecular weight excluding hydrogens is 524 g/mol. The maximum absolute atomic E-state index is 13.6. The van der Waals surface area contributed by atoms with E-state index in [0.717, 1.165) is 35.4 Å². The first-order chi connectivity index (χ1) is 19.0. The summed E-state index contributed by atoms with van der Waals surface area (Å²) in [5, 5.41) is 13.1. The summed E-state index contributed by atoms with van der Waals surface area (Å²) in [5.41, 5.74) is 9.06. The number of rotatable bonds is 7. The van der Waals surface area contributed by atoms with Gasteiger partial charge in [0, 0.05) is 33.7 Å². The van der Waals surface area contributed by atoms with Gasteiger partial charge in [-0.3, -0.25) is 14.3 Å². The van der Waals surface area contributed by atoms with Crippen LogP contribution < -0.4 is 11.1 Å². The van der Waals surface area contributed by atoms with Gasteiger partial charge in [0.15, 0.2) is 0 Å². The van der Waals surface area contributed by atoms with E-state index in [0.29, 0.717) is 35.6 Å². The fraction of sp³-hybridized carbons (Fsp3) is 0.464. The van der Waals surface area contributed by atoms with Crippen LogP contribution in [-0.2, 0) is 28.1 Å². The van der Waals surface area contributed by atoms with Gasteiger partial charge in [0.1, 0.15) is 12.5 Å². The average Bonchev–Trinajstić information content (AvgIpc) is 3.51. The number of hydrogen-bond donors (Lipinski definition) is 2. The van der Waals surface area contributed by atoms with Crippen molar-refractivity contribution < 1.29 is 14.3 Å². The fourth-order valence-electron chi connectivity index (χ4n) is 5.26. The monoisotopic (exact) mass is 562 g/mol. The Morgan fingerprint density at radius 3 is 2.73 bits per heavy atom. The van der Waals surface area contributed by atoms with Crippen LogP contribution in [0.25, 0.3) is 21.8 Å². The summed E-state index contributed by atoms with van der Waals surface area (Å²) in [4.78, 5) is 33.0. The summed E-state index contributed by atoms with van der Waals surface area (Å²) in [7, 11) is 0.662. The highest BCUT2D eigenvalue weighted by Crippen LogP contribution is 2.35. The lowest BCUT2D eigenvalue weighted by Gasteiger charge is -2.38. The minimum absolute atomic E-state index is 0.200. The number of hydrogen-bond acceptors (Lipinski definition) is 7. The topological polar surface area (TPSA) is 133 Å². The number of anilines is 2. The molecule has 3 aromatic heterocycles. The van der Waals surface area contributed by atoms with Crippen molar-refractivity contribution >= 4 is 53.2 Å². The molecule has 2 amide bonds. The smallest absolute Gasteiger partial charge is 0.314 e. The van der Waals surface area contributed by atoms with E-state index in [1.54, 1.807) is 15.8 Å². The SMILES string of the molecule is C[C@H]1CC[C@H](c2ccc3c(cnn3C)c2)N(C(=O)C(=O)Nc2cnc(N)c3cnn(COCC[Si](C)(C)C)c23)C1. The van der Waals surface area contributed by atoms with Crippen molar-refractivity contribution in [1.82, 2.24) is 29.4 Å². The Kier molecular flexibility index (Phi) is 7.65. The third-order valence-corrected chi connectivity index (χ3v) is 9.29. The van der Waals surface area contributed by atoms with E-state index < -0.39 is 19.9 Å². The van der Waals surface area contributed by atoms with E-state index in [2.05, 4.69) is 53.1 Å². The van der Waals surface area contributed by atoms with Crippen LogP contribution in [0.2, 0.25) is 25.7 Å². The third-order valence-electron chi connectivity index (χ3n) is 7.59. The number of aromatic nitrogens is 5. The first-order valence-electron chi connectivity index (χ1n) is 13.7. The van der Waals surface area contributed by atoms with Crippen LogP contribution >= 0.6 is 0 Å². The number of pyridine rings is 1. The number of likely N-dealkylation sites (tertiary alicyclic amines) is 1. The van der Waals surface area contributed by atoms with Crippen LogP contribution in [0.4, 0.5) is 11.5 Å². The van der Waals surface area contributed by atoms with Crippen molar-refractivity contribution in [1.29, 1.82) is 0 Å². The summed E-state index contributed by atoms with van der Waals surface area (Å²) >= 11 is 0. The Morgan fingerprint density at radius 1 is 1.15 bits per heavy atom. The molecule has 0 aliphatic carbocycles. The lowest BCUT2D eigenvalue weighted by Crippen LogP contribution is -2.46. The van der Waals surface area contributed by atoms with Gasteiger partial charge in [-0.15, -0.1) is 0 Å². The Labute approximate surface area is 234 Å². The molecule has 0 saturated carbocycles. The predicted octanol–water partition coefficient (Wildman–Crippen LogP) is 4.15. The Hall–Kier alpha value is -3.77. The zero-order valence-electron chi connectivity index (χ0n) is 23.8. The number of piperidine rings is 1. The molecule has 2 atom stereocenters. The van der Waals surface area contributed by atoms with Gasteiger partial charge in [0.25, 0.3) is 0 Å². The van der Waals surface area contributed by atoms with Gasteiger partial charge in [-0.05, 0) is 42.5 Å². The van der Waals surface area contributed by atoms with Crippen LogP contribution in [0.3, 0.4) is 0 Å². The lowest BCUT2D eigenvalue weighted by molar-refractivity contribution is -0.146. The second-order valence-electron chi connectivity index (χ2n) is 12.0. The molecule has 12 heteroatoms. The molecule has 1 saturated heterocycles. The summed E-state index contributed by atoms with van der Waals surface area (Å²) in [6, 6.07) is 6.93. The van der Waals surface area contributed by atoms with Gasteiger partial charge in [-0.1, -0.05) is 32.6 Å². The Balaban J connectivity index is 1.37. The molecular formula is C28H38N8O3Si. The highest BCUT2D eigenvalue weighted by Gasteiger charge is 2.35. The number of nitrogen functional groups attached to an aromatic ring is 1. The Morgan fingerprint density at radius 2 is 1.95 bits per heavy atom. The van der Waals surface area contributed by atoms with E-state index in [-0.39, 0.29) is 18.7 Å². The van der Waals surface area contributed by atoms with Crippen molar-refractivity contribution in [2.75, 3.05) is 24.2 Å².